The summed E-state index contributed by atoms with van der Waals surface area (Å²) >= 11 is 3.47. The molecule has 2 heteroatoms. The van der Waals surface area contributed by atoms with Crippen LogP contribution in [0, 0.1) is 0 Å². The van der Waals surface area contributed by atoms with Gasteiger partial charge in [-0.2, -0.15) is 0 Å². The lowest BCUT2D eigenvalue weighted by Crippen LogP contribution is -1.96. The third kappa shape index (κ3) is 1.71. The molecular formula is C12H14BrN. The van der Waals surface area contributed by atoms with Crippen molar-refractivity contribution < 1.29 is 0 Å². The Labute approximate surface area is 92.9 Å². The van der Waals surface area contributed by atoms with Gasteiger partial charge in [-0.05, 0) is 30.4 Å². The fourth-order valence-corrected chi connectivity index (χ4v) is 2.11. The van der Waals surface area contributed by atoms with Crippen molar-refractivity contribution in [1.29, 1.82) is 0 Å². The fourth-order valence-electron chi connectivity index (χ4n) is 1.83. The molecule has 2 rings (SSSR count). The van der Waals surface area contributed by atoms with Gasteiger partial charge in [-0.15, -0.1) is 0 Å². The first-order valence-electron chi connectivity index (χ1n) is 4.92. The highest BCUT2D eigenvalue weighted by Crippen LogP contribution is 2.19. The van der Waals surface area contributed by atoms with Crippen LogP contribution in [0.4, 0.5) is 0 Å². The molecule has 0 atom stereocenters. The van der Waals surface area contributed by atoms with Gasteiger partial charge >= 0.3 is 0 Å². The van der Waals surface area contributed by atoms with Gasteiger partial charge in [0.05, 0.1) is 0 Å². The molecule has 0 aliphatic rings. The number of nitrogens with zero attached hydrogens (tertiary/aromatic N) is 1. The van der Waals surface area contributed by atoms with Crippen LogP contribution in [0.5, 0.6) is 0 Å². The minimum absolute atomic E-state index is 1.08. The van der Waals surface area contributed by atoms with Crippen LogP contribution < -0.4 is 0 Å². The van der Waals surface area contributed by atoms with Crippen molar-refractivity contribution in [2.75, 3.05) is 5.33 Å². The predicted octanol–water partition coefficient (Wildman–Crippen LogP) is 3.51. The third-order valence-electron chi connectivity index (χ3n) is 2.62. The number of para-hydroxylation sites is 1. The number of hydrogen-bond acceptors (Lipinski definition) is 0. The van der Waals surface area contributed by atoms with Gasteiger partial charge in [0.2, 0.25) is 0 Å². The Hall–Kier alpha value is -0.760. The molecule has 0 unspecified atom stereocenters. The Bertz CT molecular complexity index is 431. The highest BCUT2D eigenvalue weighted by molar-refractivity contribution is 9.09. The first-order valence-corrected chi connectivity index (χ1v) is 6.04. The summed E-state index contributed by atoms with van der Waals surface area (Å²) in [7, 11) is 2.14. The Morgan fingerprint density at radius 3 is 2.79 bits per heavy atom. The monoisotopic (exact) mass is 251 g/mol. The summed E-state index contributed by atoms with van der Waals surface area (Å²) in [5.41, 5.74) is 2.75. The molecule has 1 nitrogen and oxygen atoms in total. The SMILES string of the molecule is Cn1c(CCCBr)cc2ccccc21. The molecule has 0 aliphatic carbocycles. The Balaban J connectivity index is 2.41. The molecule has 0 N–H and O–H groups in total. The maximum absolute atomic E-state index is 3.47. The maximum atomic E-state index is 3.47. The maximum Gasteiger partial charge on any atom is 0.0479 e. The van der Waals surface area contributed by atoms with Gasteiger partial charge in [0, 0.05) is 23.6 Å². The number of halogens is 1. The average molecular weight is 252 g/mol. The van der Waals surface area contributed by atoms with Crippen molar-refractivity contribution in [3.05, 3.63) is 36.0 Å². The molecule has 1 aromatic carbocycles. The number of alkyl halides is 1. The van der Waals surface area contributed by atoms with E-state index >= 15 is 0 Å². The van der Waals surface area contributed by atoms with Crippen LogP contribution in [0.3, 0.4) is 0 Å². The van der Waals surface area contributed by atoms with Crippen molar-refractivity contribution in [3.8, 4) is 0 Å². The van der Waals surface area contributed by atoms with Crippen molar-refractivity contribution in [3.63, 3.8) is 0 Å². The Morgan fingerprint density at radius 2 is 2.07 bits per heavy atom. The fraction of sp³-hybridized carbons (Fsp3) is 0.333. The average Bonchev–Trinajstić information content (AvgIpc) is 2.54. The summed E-state index contributed by atoms with van der Waals surface area (Å²) in [6, 6.07) is 10.8. The van der Waals surface area contributed by atoms with Crippen LogP contribution in [-0.2, 0) is 13.5 Å². The zero-order chi connectivity index (χ0) is 9.97. The van der Waals surface area contributed by atoms with E-state index in [0.717, 1.165) is 11.8 Å². The summed E-state index contributed by atoms with van der Waals surface area (Å²) in [6.45, 7) is 0. The van der Waals surface area contributed by atoms with Crippen molar-refractivity contribution in [2.45, 2.75) is 12.8 Å². The predicted molar refractivity (Wildman–Crippen MR) is 65.0 cm³/mol. The highest BCUT2D eigenvalue weighted by atomic mass is 79.9. The van der Waals surface area contributed by atoms with Crippen molar-refractivity contribution in [1.82, 2.24) is 4.57 Å². The Kier molecular flexibility index (Phi) is 2.92. The van der Waals surface area contributed by atoms with Crippen LogP contribution in [0.1, 0.15) is 12.1 Å². The largest absolute Gasteiger partial charge is 0.348 e. The zero-order valence-electron chi connectivity index (χ0n) is 8.33. The van der Waals surface area contributed by atoms with E-state index in [2.05, 4.69) is 57.9 Å². The van der Waals surface area contributed by atoms with Crippen molar-refractivity contribution >= 4 is 26.8 Å². The van der Waals surface area contributed by atoms with E-state index in [4.69, 9.17) is 0 Å². The lowest BCUT2D eigenvalue weighted by atomic mass is 10.2. The molecule has 0 amide bonds. The summed E-state index contributed by atoms with van der Waals surface area (Å²) in [5.74, 6) is 0. The zero-order valence-corrected chi connectivity index (χ0v) is 9.92. The van der Waals surface area contributed by atoms with Crippen LogP contribution in [-0.4, -0.2) is 9.90 Å². The number of fused-ring (bicyclic) bond motifs is 1. The second-order valence-corrected chi connectivity index (χ2v) is 4.34. The second-order valence-electron chi connectivity index (χ2n) is 3.55. The lowest BCUT2D eigenvalue weighted by Gasteiger charge is -2.02. The van der Waals surface area contributed by atoms with E-state index in [-0.39, 0.29) is 0 Å². The molecule has 0 saturated carbocycles. The molecule has 0 aliphatic heterocycles. The van der Waals surface area contributed by atoms with Gasteiger partial charge in [0.1, 0.15) is 0 Å². The minimum Gasteiger partial charge on any atom is -0.348 e. The molecule has 0 bridgehead atoms. The number of aryl methyl sites for hydroxylation is 2. The minimum atomic E-state index is 1.08. The van der Waals surface area contributed by atoms with E-state index in [1.54, 1.807) is 0 Å². The van der Waals surface area contributed by atoms with Gasteiger partial charge in [0.25, 0.3) is 0 Å². The van der Waals surface area contributed by atoms with Crippen molar-refractivity contribution in [2.24, 2.45) is 7.05 Å². The smallest absolute Gasteiger partial charge is 0.0479 e. The molecule has 1 heterocycles. The van der Waals surface area contributed by atoms with E-state index in [1.807, 2.05) is 0 Å². The summed E-state index contributed by atoms with van der Waals surface area (Å²) in [4.78, 5) is 0. The van der Waals surface area contributed by atoms with Crippen LogP contribution in [0.25, 0.3) is 10.9 Å². The van der Waals surface area contributed by atoms with E-state index in [9.17, 15) is 0 Å². The Morgan fingerprint density at radius 1 is 1.29 bits per heavy atom. The van der Waals surface area contributed by atoms with E-state index in [1.165, 1.54) is 23.0 Å². The molecule has 0 spiro atoms. The number of benzene rings is 1. The molecule has 1 aromatic heterocycles. The molecule has 74 valence electrons. The number of hydrogen-bond donors (Lipinski definition) is 0. The molecule has 0 saturated heterocycles. The first kappa shape index (κ1) is 9.78. The third-order valence-corrected chi connectivity index (χ3v) is 3.18. The van der Waals surface area contributed by atoms with Crippen LogP contribution >= 0.6 is 15.9 Å². The quantitative estimate of drug-likeness (QED) is 0.737. The standard InChI is InChI=1S/C12H14BrN/c1-14-11(6-4-8-13)9-10-5-2-3-7-12(10)14/h2-3,5,7,9H,4,6,8H2,1H3. The molecule has 0 fully saturated rings. The molecule has 2 aromatic rings. The number of rotatable bonds is 3. The molecule has 14 heavy (non-hydrogen) atoms. The van der Waals surface area contributed by atoms with Gasteiger partial charge in [-0.3, -0.25) is 0 Å². The van der Waals surface area contributed by atoms with Gasteiger partial charge in [-0.25, -0.2) is 0 Å². The van der Waals surface area contributed by atoms with Gasteiger partial charge < -0.3 is 4.57 Å². The summed E-state index contributed by atoms with van der Waals surface area (Å²) in [5, 5.41) is 2.42. The van der Waals surface area contributed by atoms with Gasteiger partial charge in [0.15, 0.2) is 0 Å². The topological polar surface area (TPSA) is 4.93 Å². The van der Waals surface area contributed by atoms with E-state index in [0.29, 0.717) is 0 Å². The first-order chi connectivity index (χ1) is 6.83. The normalized spacial score (nSPS) is 11.0. The van der Waals surface area contributed by atoms with Crippen LogP contribution in [0.15, 0.2) is 30.3 Å². The second kappa shape index (κ2) is 4.18. The summed E-state index contributed by atoms with van der Waals surface area (Å²) < 4.78 is 2.29. The number of aromatic nitrogens is 1. The van der Waals surface area contributed by atoms with Crippen LogP contribution in [0.2, 0.25) is 0 Å². The highest BCUT2D eigenvalue weighted by Gasteiger charge is 2.03. The lowest BCUT2D eigenvalue weighted by molar-refractivity contribution is 0.812. The molecule has 0 radical (unpaired) electrons. The van der Waals surface area contributed by atoms with E-state index < -0.39 is 0 Å². The molecular weight excluding hydrogens is 238 g/mol. The summed E-state index contributed by atoms with van der Waals surface area (Å²) in [6.07, 6.45) is 2.35. The van der Waals surface area contributed by atoms with Gasteiger partial charge in [-0.1, -0.05) is 34.1 Å².